The van der Waals surface area contributed by atoms with Gasteiger partial charge in [0.15, 0.2) is 0 Å². The first-order valence-corrected chi connectivity index (χ1v) is 29.0. The number of carboxylic acid groups (broad SMARTS) is 2. The van der Waals surface area contributed by atoms with Gasteiger partial charge in [0, 0.05) is 32.4 Å². The van der Waals surface area contributed by atoms with E-state index in [0.29, 0.717) is 25.8 Å². The molecule has 35 heteroatoms. The summed E-state index contributed by atoms with van der Waals surface area (Å²) in [5.74, 6) is -17.3. The molecule has 14 amide bonds. The lowest BCUT2D eigenvalue weighted by molar-refractivity contribution is -0.145. The maximum atomic E-state index is 14.5. The van der Waals surface area contributed by atoms with Gasteiger partial charge in [-0.15, -0.1) is 0 Å². The normalized spacial score (nSPS) is 17.6. The molecule has 88 heavy (non-hydrogen) atoms. The van der Waals surface area contributed by atoms with Gasteiger partial charge in [0.05, 0.1) is 26.1 Å². The highest BCUT2D eigenvalue weighted by atomic mass is 16.4. The third-order valence-electron chi connectivity index (χ3n) is 14.7. The number of carbonyl (C=O) groups excluding carboxylic acids is 14. The zero-order chi connectivity index (χ0) is 66.5. The first kappa shape index (κ1) is 75.5. The number of nitrogens with one attached hydrogen (secondary N) is 9. The Kier molecular flexibility index (Phi) is 32.5. The van der Waals surface area contributed by atoms with E-state index in [2.05, 4.69) is 47.9 Å². The van der Waals surface area contributed by atoms with E-state index >= 15 is 0 Å². The van der Waals surface area contributed by atoms with Crippen molar-refractivity contribution >= 4 is 94.6 Å². The summed E-state index contributed by atoms with van der Waals surface area (Å²) in [4.78, 5) is 211. The molecule has 2 aliphatic heterocycles. The number of unbranched alkanes of at least 4 members (excludes halogenated alkanes) is 1. The second-order valence-corrected chi connectivity index (χ2v) is 21.8. The van der Waals surface area contributed by atoms with Crippen LogP contribution >= 0.6 is 0 Å². The average molecular weight is 1250 g/mol. The number of aliphatic hydroxyl groups is 1. The Morgan fingerprint density at radius 1 is 0.511 bits per heavy atom. The van der Waals surface area contributed by atoms with E-state index in [1.54, 1.807) is 20.8 Å². The number of likely N-dealkylation sites (tertiary alicyclic amines) is 2. The van der Waals surface area contributed by atoms with Gasteiger partial charge in [0.2, 0.25) is 82.7 Å². The van der Waals surface area contributed by atoms with Gasteiger partial charge in [-0.25, -0.2) is 0 Å². The van der Waals surface area contributed by atoms with Gasteiger partial charge in [0.25, 0.3) is 0 Å². The lowest BCUT2D eigenvalue weighted by atomic mass is 9.97. The molecule has 0 aliphatic carbocycles. The minimum Gasteiger partial charge on any atom is -0.481 e. The summed E-state index contributed by atoms with van der Waals surface area (Å²) >= 11 is 0. The van der Waals surface area contributed by atoms with Gasteiger partial charge >= 0.3 is 11.9 Å². The smallest absolute Gasteiger partial charge is 0.305 e. The molecule has 0 aromatic carbocycles. The van der Waals surface area contributed by atoms with Crippen molar-refractivity contribution in [3.63, 3.8) is 0 Å². The van der Waals surface area contributed by atoms with Gasteiger partial charge in [-0.3, -0.25) is 76.7 Å². The van der Waals surface area contributed by atoms with Gasteiger partial charge in [-0.2, -0.15) is 0 Å². The zero-order valence-electron chi connectivity index (χ0n) is 49.9. The Balaban J connectivity index is 2.29. The van der Waals surface area contributed by atoms with E-state index < -0.39 is 212 Å². The maximum Gasteiger partial charge on any atom is 0.305 e. The van der Waals surface area contributed by atoms with Gasteiger partial charge in [0.1, 0.15) is 60.4 Å². The van der Waals surface area contributed by atoms with Crippen molar-refractivity contribution in [2.75, 3.05) is 39.3 Å². The summed E-state index contributed by atoms with van der Waals surface area (Å²) in [5, 5.41) is 50.8. The van der Waals surface area contributed by atoms with E-state index in [1.807, 2.05) is 0 Å². The highest BCUT2D eigenvalue weighted by Gasteiger charge is 2.44. The third-order valence-corrected chi connectivity index (χ3v) is 14.7. The van der Waals surface area contributed by atoms with Crippen LogP contribution in [-0.2, 0) is 76.7 Å². The van der Waals surface area contributed by atoms with Crippen LogP contribution in [0.3, 0.4) is 0 Å². The molecule has 0 spiro atoms. The molecular formula is C53H88N16O19. The van der Waals surface area contributed by atoms with Crippen LogP contribution in [-0.4, -0.2) is 220 Å². The lowest BCUT2D eigenvalue weighted by Gasteiger charge is -2.33. The zero-order valence-corrected chi connectivity index (χ0v) is 49.9. The Hall–Kier alpha value is -8.60. The molecule has 2 heterocycles. The molecule has 11 atom stereocenters. The number of aliphatic hydroxyl groups excluding tert-OH is 1. The molecule has 494 valence electrons. The Morgan fingerprint density at radius 3 is 1.49 bits per heavy atom. The molecule has 2 rings (SSSR count). The molecule has 0 aromatic rings. The molecule has 2 fully saturated rings. The number of primary amides is 3. The lowest BCUT2D eigenvalue weighted by Crippen LogP contribution is -2.62. The minimum absolute atomic E-state index is 0.0517. The van der Waals surface area contributed by atoms with E-state index in [4.69, 9.17) is 28.7 Å². The number of nitrogens with two attached hydrogens (primary N) is 5. The summed E-state index contributed by atoms with van der Waals surface area (Å²) in [7, 11) is 0. The largest absolute Gasteiger partial charge is 0.481 e. The number of nitrogens with zero attached hydrogens (tertiary/aromatic N) is 2. The summed E-state index contributed by atoms with van der Waals surface area (Å²) in [6.45, 7) is 4.25. The molecule has 0 aromatic heterocycles. The first-order chi connectivity index (χ1) is 41.4. The molecule has 2 saturated heterocycles. The molecule has 0 saturated carbocycles. The number of hydrogen-bond acceptors (Lipinski definition) is 19. The number of hydrogen-bond donors (Lipinski definition) is 17. The maximum absolute atomic E-state index is 14.5. The second-order valence-electron chi connectivity index (χ2n) is 21.8. The fourth-order valence-electron chi connectivity index (χ4n) is 9.56. The van der Waals surface area contributed by atoms with Crippen molar-refractivity contribution in [3.8, 4) is 0 Å². The predicted molar refractivity (Wildman–Crippen MR) is 306 cm³/mol. The first-order valence-electron chi connectivity index (χ1n) is 29.0. The SMILES string of the molecule is CC[C@H](C)[C@H](NC(=O)[C@H](CO)NC(=O)[C@H](CC(=O)O)NC(=O)[C@H](CCC(N)=O)NC(=O)CN)C(=O)N[C@@H](CCC(=O)O)C(=O)N1CCC[C@H]1C(=O)N[C@H](C(=O)N1CCC[C@H]1C(=O)NCC(=O)N[C@@H](CCC(N)=O)C(=O)N[C@@H](CCCCN)C(N)=O)C(C)C. The number of carboxylic acids is 2. The van der Waals surface area contributed by atoms with E-state index in [-0.39, 0.29) is 64.5 Å². The molecule has 0 bridgehead atoms. The van der Waals surface area contributed by atoms with Gasteiger partial charge in [-0.1, -0.05) is 34.1 Å². The fraction of sp³-hybridized carbons (Fsp3) is 0.698. The van der Waals surface area contributed by atoms with E-state index in [0.717, 1.165) is 4.90 Å². The molecule has 35 nitrogen and oxygen atoms in total. The van der Waals surface area contributed by atoms with Crippen molar-refractivity contribution in [3.05, 3.63) is 0 Å². The topological polar surface area (TPSA) is 579 Å². The van der Waals surface area contributed by atoms with Crippen LogP contribution in [0.15, 0.2) is 0 Å². The Labute approximate surface area is 507 Å². The Bertz CT molecular complexity index is 2540. The molecule has 0 radical (unpaired) electrons. The molecule has 22 N–H and O–H groups in total. The van der Waals surface area contributed by atoms with Crippen molar-refractivity contribution < 1.29 is 92.0 Å². The highest BCUT2D eigenvalue weighted by Crippen LogP contribution is 2.24. The van der Waals surface area contributed by atoms with E-state index in [9.17, 15) is 92.0 Å². The highest BCUT2D eigenvalue weighted by molar-refractivity contribution is 6.00. The summed E-state index contributed by atoms with van der Waals surface area (Å²) in [6, 6.07) is -14.8. The average Bonchev–Trinajstić information content (AvgIpc) is 3.97. The van der Waals surface area contributed by atoms with E-state index in [1.165, 1.54) is 11.8 Å². The van der Waals surface area contributed by atoms with Crippen LogP contribution in [0.25, 0.3) is 0 Å². The monoisotopic (exact) mass is 1250 g/mol. The summed E-state index contributed by atoms with van der Waals surface area (Å²) in [6.07, 6.45) is -1.61. The van der Waals surface area contributed by atoms with Crippen molar-refractivity contribution in [2.24, 2.45) is 40.5 Å². The summed E-state index contributed by atoms with van der Waals surface area (Å²) < 4.78 is 0. The Morgan fingerprint density at radius 2 is 1.00 bits per heavy atom. The number of aliphatic carboxylic acids is 2. The van der Waals surface area contributed by atoms with Crippen LogP contribution in [0, 0.1) is 11.8 Å². The number of carbonyl (C=O) groups is 16. The van der Waals surface area contributed by atoms with Crippen LogP contribution in [0.4, 0.5) is 0 Å². The third kappa shape index (κ3) is 25.0. The molecular weight excluding hydrogens is 1160 g/mol. The number of rotatable bonds is 40. The quantitative estimate of drug-likeness (QED) is 0.0253. The molecule has 2 aliphatic rings. The van der Waals surface area contributed by atoms with Crippen LogP contribution < -0.4 is 76.5 Å². The van der Waals surface area contributed by atoms with Gasteiger partial charge < -0.3 is 102 Å². The van der Waals surface area contributed by atoms with Crippen molar-refractivity contribution in [2.45, 2.75) is 184 Å². The van der Waals surface area contributed by atoms with Crippen LogP contribution in [0.1, 0.15) is 124 Å². The van der Waals surface area contributed by atoms with Crippen molar-refractivity contribution in [1.82, 2.24) is 57.7 Å². The van der Waals surface area contributed by atoms with Crippen LogP contribution in [0.5, 0.6) is 0 Å². The van der Waals surface area contributed by atoms with Gasteiger partial charge in [-0.05, 0) is 82.6 Å². The summed E-state index contributed by atoms with van der Waals surface area (Å²) in [5.41, 5.74) is 26.7. The van der Waals surface area contributed by atoms with Crippen LogP contribution in [0.2, 0.25) is 0 Å². The minimum atomic E-state index is -1.96. The van der Waals surface area contributed by atoms with Crippen molar-refractivity contribution in [1.29, 1.82) is 0 Å². The second kappa shape index (κ2) is 37.8. The fourth-order valence-corrected chi connectivity index (χ4v) is 9.56. The predicted octanol–water partition coefficient (Wildman–Crippen LogP) is -7.90. The molecule has 0 unspecified atom stereocenters. The standard InChI is InChI=1S/C53H88N16O19/c1-5-27(4)43(67-48(83)33(25-70)65-47(82)32(22-41(77)78)64-46(81)29(13-16-36(56)71)60-38(73)23-55)51(86)63-31(15-18-40(75)76)52(87)68-20-9-12-35(68)50(85)66-42(26(2)3)53(88)69-21-8-11-34(69)49(84)59-24-39(74)61-30(14-17-37(57)72)45(80)62-28(44(58)79)10-6-7-19-54/h26-35,42-43,70H,5-25,54-55H2,1-4H3,(H2,56,71)(H2,57,72)(H2,58,79)(H,59,84)(H,60,73)(H,61,74)(H,62,80)(H,63,86)(H,64,81)(H,65,82)(H,66,85)(H,67,83)(H,75,76)(H,77,78)/t27-,28-,29-,30-,31-,32-,33-,34-,35-,42-,43-/m0/s1. The number of amides is 14.